The highest BCUT2D eigenvalue weighted by molar-refractivity contribution is 5.77. The summed E-state index contributed by atoms with van der Waals surface area (Å²) in [6.07, 6.45) is 1.30. The van der Waals surface area contributed by atoms with Crippen LogP contribution in [0.5, 0.6) is 5.88 Å². The molecule has 0 aliphatic carbocycles. The van der Waals surface area contributed by atoms with Crippen LogP contribution in [0.2, 0.25) is 0 Å². The molecule has 2 heterocycles. The minimum Gasteiger partial charge on any atom is -0.475 e. The van der Waals surface area contributed by atoms with Crippen LogP contribution in [0.3, 0.4) is 0 Å². The van der Waals surface area contributed by atoms with Gasteiger partial charge in [0.05, 0.1) is 29.8 Å². The highest BCUT2D eigenvalue weighted by atomic mass is 16.5. The molecule has 0 radical (unpaired) electrons. The van der Waals surface area contributed by atoms with Crippen molar-refractivity contribution >= 4 is 16.9 Å². The number of morpholine rings is 1. The van der Waals surface area contributed by atoms with E-state index in [1.54, 1.807) is 0 Å². The minimum atomic E-state index is 0.177. The topological polar surface area (TPSA) is 47.5 Å². The Labute approximate surface area is 131 Å². The lowest BCUT2D eigenvalue weighted by Crippen LogP contribution is -2.46. The molecule has 0 saturated carbocycles. The van der Waals surface area contributed by atoms with Gasteiger partial charge in [-0.2, -0.15) is 0 Å². The number of rotatable bonds is 4. The number of hydrogen-bond acceptors (Lipinski definition) is 5. The molecule has 1 aromatic heterocycles. The number of benzene rings is 1. The van der Waals surface area contributed by atoms with Gasteiger partial charge < -0.3 is 14.4 Å². The van der Waals surface area contributed by atoms with Crippen molar-refractivity contribution in [3.63, 3.8) is 0 Å². The van der Waals surface area contributed by atoms with Crippen molar-refractivity contribution in [1.82, 2.24) is 9.97 Å². The van der Waals surface area contributed by atoms with Crippen LogP contribution in [-0.2, 0) is 4.74 Å². The average molecular weight is 301 g/mol. The van der Waals surface area contributed by atoms with E-state index >= 15 is 0 Å². The maximum atomic E-state index is 5.86. The van der Waals surface area contributed by atoms with Gasteiger partial charge in [-0.05, 0) is 32.4 Å². The Morgan fingerprint density at radius 2 is 1.77 bits per heavy atom. The number of ether oxygens (including phenoxy) is 2. The molecule has 1 aliphatic rings. The quantitative estimate of drug-likeness (QED) is 0.868. The molecular formula is C17H23N3O2. The van der Waals surface area contributed by atoms with Gasteiger partial charge in [-0.25, -0.2) is 9.97 Å². The summed E-state index contributed by atoms with van der Waals surface area (Å²) in [5, 5.41) is 0. The second kappa shape index (κ2) is 6.48. The number of para-hydroxylation sites is 2. The molecule has 1 saturated heterocycles. The first-order chi connectivity index (χ1) is 10.7. The molecule has 3 rings (SSSR count). The molecule has 0 amide bonds. The fraction of sp³-hybridized carbons (Fsp3) is 0.529. The third-order valence-electron chi connectivity index (χ3n) is 3.68. The Morgan fingerprint density at radius 3 is 2.41 bits per heavy atom. The first-order valence-corrected chi connectivity index (χ1v) is 7.97. The second-order valence-corrected chi connectivity index (χ2v) is 5.85. The molecule has 2 atom stereocenters. The van der Waals surface area contributed by atoms with E-state index in [0.717, 1.165) is 36.4 Å². The van der Waals surface area contributed by atoms with Crippen molar-refractivity contribution in [2.75, 3.05) is 24.6 Å². The van der Waals surface area contributed by atoms with Crippen LogP contribution in [0.15, 0.2) is 24.3 Å². The molecule has 2 aromatic rings. The van der Waals surface area contributed by atoms with Crippen LogP contribution >= 0.6 is 0 Å². The molecule has 118 valence electrons. The average Bonchev–Trinajstić information content (AvgIpc) is 2.51. The lowest BCUT2D eigenvalue weighted by molar-refractivity contribution is -0.00561. The summed E-state index contributed by atoms with van der Waals surface area (Å²) >= 11 is 0. The van der Waals surface area contributed by atoms with Gasteiger partial charge in [-0.1, -0.05) is 19.1 Å². The molecule has 22 heavy (non-hydrogen) atoms. The third kappa shape index (κ3) is 3.14. The Morgan fingerprint density at radius 1 is 1.14 bits per heavy atom. The van der Waals surface area contributed by atoms with Gasteiger partial charge >= 0.3 is 0 Å². The second-order valence-electron chi connectivity index (χ2n) is 5.85. The predicted molar refractivity (Wildman–Crippen MR) is 87.5 cm³/mol. The Hall–Kier alpha value is -1.88. The number of anilines is 1. The third-order valence-corrected chi connectivity index (χ3v) is 3.68. The molecule has 0 spiro atoms. The van der Waals surface area contributed by atoms with E-state index in [2.05, 4.69) is 30.7 Å². The van der Waals surface area contributed by atoms with Gasteiger partial charge in [0.15, 0.2) is 5.82 Å². The molecule has 5 heteroatoms. The number of fused-ring (bicyclic) bond motifs is 1. The molecular weight excluding hydrogens is 278 g/mol. The van der Waals surface area contributed by atoms with Crippen molar-refractivity contribution in [2.45, 2.75) is 39.4 Å². The summed E-state index contributed by atoms with van der Waals surface area (Å²) in [5.74, 6) is 1.45. The number of aromatic nitrogens is 2. The normalized spacial score (nSPS) is 22.0. The maximum absolute atomic E-state index is 5.86. The SMILES string of the molecule is CCCOc1nc2ccccc2nc1N1C[C@H](C)O[C@@H](C)C1. The Balaban J connectivity index is 2.01. The summed E-state index contributed by atoms with van der Waals surface area (Å²) in [4.78, 5) is 11.7. The van der Waals surface area contributed by atoms with E-state index in [0.29, 0.717) is 12.5 Å². The minimum absolute atomic E-state index is 0.177. The maximum Gasteiger partial charge on any atom is 0.258 e. The van der Waals surface area contributed by atoms with Gasteiger partial charge in [0.25, 0.3) is 5.88 Å². The lowest BCUT2D eigenvalue weighted by atomic mass is 10.2. The largest absolute Gasteiger partial charge is 0.475 e. The molecule has 1 fully saturated rings. The lowest BCUT2D eigenvalue weighted by Gasteiger charge is -2.36. The van der Waals surface area contributed by atoms with Crippen LogP contribution in [0.25, 0.3) is 11.0 Å². The van der Waals surface area contributed by atoms with Gasteiger partial charge in [-0.3, -0.25) is 0 Å². The van der Waals surface area contributed by atoms with Gasteiger partial charge in [0.1, 0.15) is 0 Å². The van der Waals surface area contributed by atoms with Crippen LogP contribution in [-0.4, -0.2) is 41.9 Å². The predicted octanol–water partition coefficient (Wildman–Crippen LogP) is 3.03. The van der Waals surface area contributed by atoms with E-state index in [1.807, 2.05) is 24.3 Å². The van der Waals surface area contributed by atoms with E-state index in [1.165, 1.54) is 0 Å². The molecule has 0 N–H and O–H groups in total. The van der Waals surface area contributed by atoms with Crippen LogP contribution in [0.1, 0.15) is 27.2 Å². The summed E-state index contributed by atoms with van der Waals surface area (Å²) in [5.41, 5.74) is 1.76. The van der Waals surface area contributed by atoms with Crippen molar-refractivity contribution in [3.8, 4) is 5.88 Å². The van der Waals surface area contributed by atoms with Crippen LogP contribution in [0, 0.1) is 0 Å². The van der Waals surface area contributed by atoms with E-state index in [4.69, 9.17) is 14.5 Å². The summed E-state index contributed by atoms with van der Waals surface area (Å²) in [7, 11) is 0. The number of nitrogens with zero attached hydrogens (tertiary/aromatic N) is 3. The van der Waals surface area contributed by atoms with Crippen molar-refractivity contribution in [2.24, 2.45) is 0 Å². The van der Waals surface area contributed by atoms with Gasteiger partial charge in [0, 0.05) is 13.1 Å². The fourth-order valence-corrected chi connectivity index (χ4v) is 2.83. The molecule has 1 aromatic carbocycles. The molecule has 0 unspecified atom stereocenters. The highest BCUT2D eigenvalue weighted by Gasteiger charge is 2.26. The monoisotopic (exact) mass is 301 g/mol. The summed E-state index contributed by atoms with van der Waals surface area (Å²) in [6.45, 7) is 8.52. The summed E-state index contributed by atoms with van der Waals surface area (Å²) < 4.78 is 11.7. The van der Waals surface area contributed by atoms with Crippen molar-refractivity contribution < 1.29 is 9.47 Å². The first-order valence-electron chi connectivity index (χ1n) is 7.97. The van der Waals surface area contributed by atoms with E-state index in [-0.39, 0.29) is 12.2 Å². The smallest absolute Gasteiger partial charge is 0.258 e. The number of hydrogen-bond donors (Lipinski definition) is 0. The van der Waals surface area contributed by atoms with Gasteiger partial charge in [0.2, 0.25) is 0 Å². The highest BCUT2D eigenvalue weighted by Crippen LogP contribution is 2.29. The van der Waals surface area contributed by atoms with Crippen molar-refractivity contribution in [3.05, 3.63) is 24.3 Å². The van der Waals surface area contributed by atoms with Crippen molar-refractivity contribution in [1.29, 1.82) is 0 Å². The van der Waals surface area contributed by atoms with Crippen LogP contribution in [0.4, 0.5) is 5.82 Å². The molecule has 1 aliphatic heterocycles. The summed E-state index contributed by atoms with van der Waals surface area (Å²) in [6, 6.07) is 7.91. The zero-order valence-corrected chi connectivity index (χ0v) is 13.5. The zero-order valence-electron chi connectivity index (χ0n) is 13.5. The molecule has 0 bridgehead atoms. The van der Waals surface area contributed by atoms with Crippen LogP contribution < -0.4 is 9.64 Å². The zero-order chi connectivity index (χ0) is 15.5. The fourth-order valence-electron chi connectivity index (χ4n) is 2.83. The molecule has 5 nitrogen and oxygen atoms in total. The van der Waals surface area contributed by atoms with E-state index < -0.39 is 0 Å². The van der Waals surface area contributed by atoms with E-state index in [9.17, 15) is 0 Å². The standard InChI is InChI=1S/C17H23N3O2/c1-4-9-21-17-16(20-10-12(2)22-13(3)11-20)18-14-7-5-6-8-15(14)19-17/h5-8,12-13H,4,9-11H2,1-3H3/t12-,13-/m0/s1. The Kier molecular flexibility index (Phi) is 4.43. The van der Waals surface area contributed by atoms with Gasteiger partial charge in [-0.15, -0.1) is 0 Å². The Bertz CT molecular complexity index is 637. The first kappa shape index (κ1) is 15.0.